The number of carbonyl (C=O) groups excluding carboxylic acids is 1. The first-order chi connectivity index (χ1) is 11.7. The van der Waals surface area contributed by atoms with Gasteiger partial charge in [-0.25, -0.2) is 8.42 Å². The molecule has 0 aromatic heterocycles. The third-order valence-electron chi connectivity index (χ3n) is 4.27. The molecule has 0 spiro atoms. The second kappa shape index (κ2) is 7.90. The van der Waals surface area contributed by atoms with Gasteiger partial charge in [-0.05, 0) is 43.4 Å². The van der Waals surface area contributed by atoms with Gasteiger partial charge in [0.1, 0.15) is 0 Å². The van der Waals surface area contributed by atoms with Gasteiger partial charge in [0.2, 0.25) is 9.84 Å². The van der Waals surface area contributed by atoms with Gasteiger partial charge in [0, 0.05) is 11.6 Å². The van der Waals surface area contributed by atoms with Crippen LogP contribution in [0.4, 0.5) is 8.78 Å². The van der Waals surface area contributed by atoms with Crippen LogP contribution in [0.1, 0.15) is 41.6 Å². The Balaban J connectivity index is 1.92. The Kier molecular flexibility index (Phi) is 6.10. The zero-order chi connectivity index (χ0) is 18.6. The Hall–Kier alpha value is -2.03. The molecule has 1 aromatic rings. The molecule has 1 saturated carbocycles. The summed E-state index contributed by atoms with van der Waals surface area (Å²) in [6.45, 7) is 0. The normalized spacial score (nSPS) is 21.1. The Morgan fingerprint density at radius 3 is 2.16 bits per heavy atom. The predicted molar refractivity (Wildman–Crippen MR) is 85.9 cm³/mol. The molecule has 25 heavy (non-hydrogen) atoms. The number of carbonyl (C=O) groups is 2. The highest BCUT2D eigenvalue weighted by Gasteiger charge is 2.27. The van der Waals surface area contributed by atoms with Crippen molar-refractivity contribution >= 4 is 21.7 Å². The van der Waals surface area contributed by atoms with E-state index >= 15 is 0 Å². The number of hydrogen-bond acceptors (Lipinski definition) is 4. The summed E-state index contributed by atoms with van der Waals surface area (Å²) in [4.78, 5) is 23.1. The smallest absolute Gasteiger partial charge is 0.337 e. The Labute approximate surface area is 144 Å². The average Bonchev–Trinajstić information content (AvgIpc) is 2.55. The van der Waals surface area contributed by atoms with Crippen LogP contribution in [0.3, 0.4) is 0 Å². The second-order valence-electron chi connectivity index (χ2n) is 6.13. The van der Waals surface area contributed by atoms with Crippen molar-refractivity contribution in [2.45, 2.75) is 43.2 Å². The fraction of sp³-hybridized carbons (Fsp3) is 0.500. The minimum atomic E-state index is -4.50. The molecule has 1 fully saturated rings. The lowest BCUT2D eigenvalue weighted by Crippen LogP contribution is -2.38. The maximum absolute atomic E-state index is 12.4. The lowest BCUT2D eigenvalue weighted by atomic mass is 9.86. The Morgan fingerprint density at radius 2 is 1.68 bits per heavy atom. The van der Waals surface area contributed by atoms with Crippen LogP contribution in [-0.4, -0.2) is 37.2 Å². The van der Waals surface area contributed by atoms with Crippen LogP contribution < -0.4 is 5.32 Å². The van der Waals surface area contributed by atoms with E-state index < -0.39 is 27.3 Å². The number of aliphatic carboxylic acids is 1. The lowest BCUT2D eigenvalue weighted by Gasteiger charge is -2.26. The Morgan fingerprint density at radius 1 is 1.12 bits per heavy atom. The van der Waals surface area contributed by atoms with E-state index in [2.05, 4.69) is 5.32 Å². The van der Waals surface area contributed by atoms with E-state index in [1.165, 1.54) is 24.3 Å². The number of nitrogens with one attached hydrogen (secondary N) is 1. The molecule has 138 valence electrons. The van der Waals surface area contributed by atoms with Gasteiger partial charge in [-0.2, -0.15) is 8.78 Å². The van der Waals surface area contributed by atoms with Crippen LogP contribution in [0.2, 0.25) is 0 Å². The van der Waals surface area contributed by atoms with Crippen LogP contribution >= 0.6 is 0 Å². The predicted octanol–water partition coefficient (Wildman–Crippen LogP) is 2.20. The third kappa shape index (κ3) is 5.22. The molecule has 1 amide bonds. The fourth-order valence-electron chi connectivity index (χ4n) is 2.80. The SMILES string of the molecule is O=C(NC1CCC(C(=O)O)CC1)c1ccc(CS(=O)(=O)C(F)F)cc1. The van der Waals surface area contributed by atoms with E-state index in [9.17, 15) is 26.8 Å². The van der Waals surface area contributed by atoms with E-state index in [0.717, 1.165) is 0 Å². The molecule has 6 nitrogen and oxygen atoms in total. The zero-order valence-corrected chi connectivity index (χ0v) is 14.1. The number of carboxylic acids is 1. The zero-order valence-electron chi connectivity index (χ0n) is 13.3. The molecule has 1 aliphatic carbocycles. The van der Waals surface area contributed by atoms with Gasteiger partial charge in [-0.15, -0.1) is 0 Å². The van der Waals surface area contributed by atoms with E-state index in [-0.39, 0.29) is 23.4 Å². The van der Waals surface area contributed by atoms with Crippen molar-refractivity contribution in [3.8, 4) is 0 Å². The molecule has 0 unspecified atom stereocenters. The fourth-order valence-corrected chi connectivity index (χ4v) is 3.58. The van der Waals surface area contributed by atoms with Crippen LogP contribution in [0.25, 0.3) is 0 Å². The number of sulfone groups is 1. The molecule has 0 radical (unpaired) electrons. The molecular weight excluding hydrogens is 356 g/mol. The molecule has 0 atom stereocenters. The maximum atomic E-state index is 12.4. The molecule has 2 rings (SSSR count). The third-order valence-corrected chi connectivity index (χ3v) is 5.55. The average molecular weight is 375 g/mol. The first kappa shape index (κ1) is 19.3. The van der Waals surface area contributed by atoms with Crippen molar-refractivity contribution < 1.29 is 31.9 Å². The molecule has 1 aromatic carbocycles. The summed E-state index contributed by atoms with van der Waals surface area (Å²) in [5.74, 6) is -5.77. The van der Waals surface area contributed by atoms with Crippen molar-refractivity contribution in [3.05, 3.63) is 35.4 Å². The van der Waals surface area contributed by atoms with Crippen molar-refractivity contribution in [2.24, 2.45) is 5.92 Å². The van der Waals surface area contributed by atoms with Crippen LogP contribution in [0.5, 0.6) is 0 Å². The van der Waals surface area contributed by atoms with Gasteiger partial charge in [-0.1, -0.05) is 12.1 Å². The summed E-state index contributed by atoms with van der Waals surface area (Å²) in [6, 6.07) is 5.32. The number of carboxylic acid groups (broad SMARTS) is 1. The number of rotatable bonds is 6. The monoisotopic (exact) mass is 375 g/mol. The van der Waals surface area contributed by atoms with E-state index in [4.69, 9.17) is 5.11 Å². The van der Waals surface area contributed by atoms with Crippen LogP contribution in [0, 0.1) is 5.92 Å². The quantitative estimate of drug-likeness (QED) is 0.794. The summed E-state index contributed by atoms with van der Waals surface area (Å²) >= 11 is 0. The molecule has 0 aliphatic heterocycles. The molecule has 9 heteroatoms. The number of amides is 1. The van der Waals surface area contributed by atoms with Gasteiger partial charge in [0.05, 0.1) is 11.7 Å². The lowest BCUT2D eigenvalue weighted by molar-refractivity contribution is -0.142. The molecule has 0 bridgehead atoms. The number of hydrogen-bond donors (Lipinski definition) is 2. The molecule has 0 saturated heterocycles. The molecule has 0 heterocycles. The van der Waals surface area contributed by atoms with Crippen molar-refractivity contribution in [2.75, 3.05) is 0 Å². The standard InChI is InChI=1S/C16H19F2NO5S/c17-16(18)25(23,24)9-10-1-3-11(4-2-10)14(20)19-13-7-5-12(6-8-13)15(21)22/h1-4,12-13,16H,5-9H2,(H,19,20)(H,21,22). The minimum Gasteiger partial charge on any atom is -0.481 e. The highest BCUT2D eigenvalue weighted by Crippen LogP contribution is 2.24. The molecule has 1 aliphatic rings. The molecular formula is C16H19F2NO5S. The number of alkyl halides is 2. The maximum Gasteiger partial charge on any atom is 0.337 e. The Bertz CT molecular complexity index is 725. The van der Waals surface area contributed by atoms with E-state index in [1.807, 2.05) is 0 Å². The minimum absolute atomic E-state index is 0.109. The highest BCUT2D eigenvalue weighted by atomic mass is 32.2. The van der Waals surface area contributed by atoms with Crippen LogP contribution in [-0.2, 0) is 20.4 Å². The van der Waals surface area contributed by atoms with Crippen molar-refractivity contribution in [3.63, 3.8) is 0 Å². The van der Waals surface area contributed by atoms with Gasteiger partial charge in [0.15, 0.2) is 0 Å². The summed E-state index contributed by atoms with van der Waals surface area (Å²) in [6.07, 6.45) is 2.16. The topological polar surface area (TPSA) is 101 Å². The molecule has 2 N–H and O–H groups in total. The number of halogens is 2. The largest absolute Gasteiger partial charge is 0.481 e. The number of benzene rings is 1. The highest BCUT2D eigenvalue weighted by molar-refractivity contribution is 7.90. The summed E-state index contributed by atoms with van der Waals surface area (Å²) in [5, 5.41) is 11.8. The van der Waals surface area contributed by atoms with Crippen molar-refractivity contribution in [1.82, 2.24) is 5.32 Å². The van der Waals surface area contributed by atoms with E-state index in [1.54, 1.807) is 0 Å². The van der Waals surface area contributed by atoms with Gasteiger partial charge in [-0.3, -0.25) is 9.59 Å². The van der Waals surface area contributed by atoms with Gasteiger partial charge in [0.25, 0.3) is 5.91 Å². The van der Waals surface area contributed by atoms with E-state index in [0.29, 0.717) is 31.2 Å². The first-order valence-electron chi connectivity index (χ1n) is 7.81. The van der Waals surface area contributed by atoms with Gasteiger partial charge < -0.3 is 10.4 Å². The summed E-state index contributed by atoms with van der Waals surface area (Å²) in [5.41, 5.74) is 0.470. The van der Waals surface area contributed by atoms with Crippen molar-refractivity contribution in [1.29, 1.82) is 0 Å². The van der Waals surface area contributed by atoms with Gasteiger partial charge >= 0.3 is 11.7 Å². The first-order valence-corrected chi connectivity index (χ1v) is 9.53. The summed E-state index contributed by atoms with van der Waals surface area (Å²) < 4.78 is 47.1. The summed E-state index contributed by atoms with van der Waals surface area (Å²) in [7, 11) is -4.50. The van der Waals surface area contributed by atoms with Crippen LogP contribution in [0.15, 0.2) is 24.3 Å². The second-order valence-corrected chi connectivity index (χ2v) is 8.10.